The quantitative estimate of drug-likeness (QED) is 0.700. The van der Waals surface area contributed by atoms with Crippen molar-refractivity contribution in [1.82, 2.24) is 5.32 Å². The maximum absolute atomic E-state index is 10.4. The molecule has 1 atom stereocenters. The summed E-state index contributed by atoms with van der Waals surface area (Å²) in [5, 5.41) is 2.74. The molecular formula is C7H14BrNO. The second-order valence-electron chi connectivity index (χ2n) is 2.70. The highest BCUT2D eigenvalue weighted by Crippen LogP contribution is 2.09. The van der Waals surface area contributed by atoms with Crippen molar-refractivity contribution in [2.75, 3.05) is 6.54 Å². The number of hydrogen-bond acceptors (Lipinski definition) is 1. The first-order valence-electron chi connectivity index (χ1n) is 3.42. The molecule has 2 nitrogen and oxygen atoms in total. The van der Waals surface area contributed by atoms with E-state index >= 15 is 0 Å². The lowest BCUT2D eigenvalue weighted by Gasteiger charge is -2.12. The molecule has 0 aromatic carbocycles. The van der Waals surface area contributed by atoms with Crippen molar-refractivity contribution in [3.05, 3.63) is 0 Å². The molecular weight excluding hydrogens is 194 g/mol. The first-order valence-corrected chi connectivity index (χ1v) is 4.34. The topological polar surface area (TPSA) is 29.1 Å². The number of nitrogens with one attached hydrogen (secondary N) is 1. The van der Waals surface area contributed by atoms with Gasteiger partial charge in [0.2, 0.25) is 5.91 Å². The van der Waals surface area contributed by atoms with Crippen molar-refractivity contribution in [2.45, 2.75) is 25.6 Å². The van der Waals surface area contributed by atoms with E-state index in [0.29, 0.717) is 17.3 Å². The molecule has 3 heteroatoms. The predicted molar refractivity (Wildman–Crippen MR) is 46.2 cm³/mol. The summed E-state index contributed by atoms with van der Waals surface area (Å²) in [6.07, 6.45) is 0. The molecule has 60 valence electrons. The Bertz CT molecular complexity index is 114. The molecule has 0 aliphatic rings. The summed E-state index contributed by atoms with van der Waals surface area (Å²) in [5.74, 6) is 0.594. The molecule has 0 fully saturated rings. The van der Waals surface area contributed by atoms with Gasteiger partial charge in [0.25, 0.3) is 0 Å². The second-order valence-corrected chi connectivity index (χ2v) is 3.87. The number of halogens is 1. The molecule has 0 saturated carbocycles. The summed E-state index contributed by atoms with van der Waals surface area (Å²) in [4.78, 5) is 10.8. The van der Waals surface area contributed by atoms with Gasteiger partial charge in [0.15, 0.2) is 0 Å². The van der Waals surface area contributed by atoms with Crippen LogP contribution in [0.15, 0.2) is 0 Å². The van der Waals surface area contributed by atoms with Gasteiger partial charge in [-0.15, -0.1) is 0 Å². The lowest BCUT2D eigenvalue weighted by molar-refractivity contribution is -0.118. The summed E-state index contributed by atoms with van der Waals surface area (Å²) < 4.78 is 0. The summed E-state index contributed by atoms with van der Waals surface area (Å²) >= 11 is 3.46. The van der Waals surface area contributed by atoms with Crippen LogP contribution >= 0.6 is 15.9 Å². The lowest BCUT2D eigenvalue weighted by atomic mass is 10.1. The van der Waals surface area contributed by atoms with Crippen LogP contribution in [0.5, 0.6) is 0 Å². The van der Waals surface area contributed by atoms with E-state index in [9.17, 15) is 4.79 Å². The molecule has 0 saturated heterocycles. The molecule has 0 aromatic heterocycles. The number of carbonyl (C=O) groups is 1. The van der Waals surface area contributed by atoms with Gasteiger partial charge in [-0.2, -0.15) is 0 Å². The van der Waals surface area contributed by atoms with Crippen LogP contribution < -0.4 is 5.32 Å². The van der Waals surface area contributed by atoms with E-state index in [1.807, 2.05) is 0 Å². The zero-order chi connectivity index (χ0) is 8.15. The lowest BCUT2D eigenvalue weighted by Crippen LogP contribution is -2.29. The Morgan fingerprint density at radius 1 is 1.60 bits per heavy atom. The van der Waals surface area contributed by atoms with Crippen LogP contribution in [0.2, 0.25) is 0 Å². The van der Waals surface area contributed by atoms with Crippen molar-refractivity contribution < 1.29 is 4.79 Å². The largest absolute Gasteiger partial charge is 0.355 e. The summed E-state index contributed by atoms with van der Waals surface area (Å²) in [7, 11) is 0. The first-order chi connectivity index (χ1) is 4.54. The third-order valence-electron chi connectivity index (χ3n) is 1.27. The molecule has 1 N–H and O–H groups in total. The van der Waals surface area contributed by atoms with E-state index in [-0.39, 0.29) is 5.91 Å². The van der Waals surface area contributed by atoms with E-state index in [0.717, 1.165) is 0 Å². The smallest absolute Gasteiger partial charge is 0.216 e. The monoisotopic (exact) mass is 207 g/mol. The third-order valence-corrected chi connectivity index (χ3v) is 2.65. The maximum Gasteiger partial charge on any atom is 0.216 e. The van der Waals surface area contributed by atoms with Crippen LogP contribution in [-0.2, 0) is 4.79 Å². The number of carbonyl (C=O) groups excluding carboxylic acids is 1. The van der Waals surface area contributed by atoms with Crippen molar-refractivity contribution in [1.29, 1.82) is 0 Å². The fourth-order valence-corrected chi connectivity index (χ4v) is 0.639. The van der Waals surface area contributed by atoms with E-state index in [1.54, 1.807) is 0 Å². The predicted octanol–water partition coefficient (Wildman–Crippen LogP) is 1.54. The van der Waals surface area contributed by atoms with E-state index in [1.165, 1.54) is 6.92 Å². The zero-order valence-corrected chi connectivity index (χ0v) is 8.23. The van der Waals surface area contributed by atoms with Gasteiger partial charge in [-0.25, -0.2) is 0 Å². The van der Waals surface area contributed by atoms with Gasteiger partial charge in [-0.3, -0.25) is 4.79 Å². The zero-order valence-electron chi connectivity index (χ0n) is 6.65. The average Bonchev–Trinajstić information content (AvgIpc) is 1.82. The molecule has 0 aliphatic heterocycles. The Morgan fingerprint density at radius 2 is 2.10 bits per heavy atom. The van der Waals surface area contributed by atoms with Crippen molar-refractivity contribution in [2.24, 2.45) is 5.92 Å². The number of rotatable bonds is 3. The van der Waals surface area contributed by atoms with Crippen molar-refractivity contribution in [3.8, 4) is 0 Å². The molecule has 0 spiro atoms. The van der Waals surface area contributed by atoms with Gasteiger partial charge < -0.3 is 5.32 Å². The first kappa shape index (κ1) is 9.95. The van der Waals surface area contributed by atoms with Crippen LogP contribution in [0.3, 0.4) is 0 Å². The van der Waals surface area contributed by atoms with E-state index in [2.05, 4.69) is 35.1 Å². The average molecular weight is 208 g/mol. The molecule has 0 rings (SSSR count). The normalized spacial score (nSPS) is 13.3. The van der Waals surface area contributed by atoms with Crippen LogP contribution in [-0.4, -0.2) is 17.3 Å². The number of amides is 1. The fraction of sp³-hybridized carbons (Fsp3) is 0.857. The molecule has 0 aromatic rings. The molecule has 0 aliphatic carbocycles. The minimum Gasteiger partial charge on any atom is -0.355 e. The van der Waals surface area contributed by atoms with Crippen LogP contribution in [0.25, 0.3) is 0 Å². The molecule has 10 heavy (non-hydrogen) atoms. The van der Waals surface area contributed by atoms with Gasteiger partial charge in [0.1, 0.15) is 0 Å². The van der Waals surface area contributed by atoms with Crippen molar-refractivity contribution in [3.63, 3.8) is 0 Å². The summed E-state index contributed by atoms with van der Waals surface area (Å²) in [6.45, 7) is 6.47. The van der Waals surface area contributed by atoms with Gasteiger partial charge >= 0.3 is 0 Å². The fourth-order valence-electron chi connectivity index (χ4n) is 0.477. The molecule has 1 amide bonds. The van der Waals surface area contributed by atoms with Gasteiger partial charge in [0, 0.05) is 18.3 Å². The van der Waals surface area contributed by atoms with Crippen LogP contribution in [0.4, 0.5) is 0 Å². The van der Waals surface area contributed by atoms with E-state index < -0.39 is 0 Å². The minimum absolute atomic E-state index is 0.0325. The highest BCUT2D eigenvalue weighted by molar-refractivity contribution is 9.09. The maximum atomic E-state index is 10.4. The van der Waals surface area contributed by atoms with Crippen LogP contribution in [0, 0.1) is 5.92 Å². The highest BCUT2D eigenvalue weighted by atomic mass is 79.9. The van der Waals surface area contributed by atoms with E-state index in [4.69, 9.17) is 0 Å². The van der Waals surface area contributed by atoms with Gasteiger partial charge in [-0.05, 0) is 5.92 Å². The molecule has 1 unspecified atom stereocenters. The second kappa shape index (κ2) is 4.72. The summed E-state index contributed by atoms with van der Waals surface area (Å²) in [6, 6.07) is 0. The van der Waals surface area contributed by atoms with Gasteiger partial charge in [0.05, 0.1) is 0 Å². The Kier molecular flexibility index (Phi) is 4.69. The Hall–Kier alpha value is -0.0500. The van der Waals surface area contributed by atoms with Crippen molar-refractivity contribution >= 4 is 21.8 Å². The molecule has 0 heterocycles. The number of alkyl halides is 1. The molecule has 0 bridgehead atoms. The molecule has 0 radical (unpaired) electrons. The summed E-state index contributed by atoms with van der Waals surface area (Å²) in [5.41, 5.74) is 0. The minimum atomic E-state index is 0.0325. The Labute approximate surface area is 70.5 Å². The Morgan fingerprint density at radius 3 is 2.40 bits per heavy atom. The number of hydrogen-bond donors (Lipinski definition) is 1. The Balaban J connectivity index is 3.39. The third kappa shape index (κ3) is 4.79. The van der Waals surface area contributed by atoms with Crippen LogP contribution in [0.1, 0.15) is 20.8 Å². The standard InChI is InChI=1S/C7H14BrNO/c1-5(2)7(8)4-9-6(3)10/h5,7H,4H2,1-3H3,(H,9,10). The van der Waals surface area contributed by atoms with Gasteiger partial charge in [-0.1, -0.05) is 29.8 Å². The highest BCUT2D eigenvalue weighted by Gasteiger charge is 2.08. The SMILES string of the molecule is CC(=O)NCC(Br)C(C)C.